The summed E-state index contributed by atoms with van der Waals surface area (Å²) in [5.41, 5.74) is -0.640. The quantitative estimate of drug-likeness (QED) is 0.368. The molecule has 0 aliphatic carbocycles. The van der Waals surface area contributed by atoms with Crippen LogP contribution in [0.25, 0.3) is 0 Å². The molecule has 3 amide bonds. The third-order valence-electron chi connectivity index (χ3n) is 9.18. The molecular weight excluding hydrogens is 550 g/mol. The van der Waals surface area contributed by atoms with E-state index in [1.54, 1.807) is 17.1 Å². The second kappa shape index (κ2) is 13.0. The minimum absolute atomic E-state index is 0.0558. The van der Waals surface area contributed by atoms with Crippen LogP contribution in [0.1, 0.15) is 58.1 Å². The van der Waals surface area contributed by atoms with Gasteiger partial charge in [0.05, 0.1) is 36.6 Å². The van der Waals surface area contributed by atoms with Gasteiger partial charge in [-0.15, -0.1) is 0 Å². The predicted octanol–water partition coefficient (Wildman–Crippen LogP) is 2.53. The molecule has 2 fully saturated rings. The number of likely N-dealkylation sites (tertiary alicyclic amines) is 1. The Morgan fingerprint density at radius 3 is 2.56 bits per heavy atom. The number of ether oxygens (including phenoxy) is 2. The standard InChI is InChI=1S/C33H43N3O7/c1-4-5-17-35-18-11-16-33-28(31(40)36(29(33)32(35)41)24(19-37)21(2)3)27-25(43-33)14-9-10-15-26(38)42-20-23(34-30(27)39)22-12-7-6-8-13-22/h6-9,11-14,16,21,23-25,27-29,37H,4-5,10,15,17-20H2,1-3H3,(H,34,39)/b14-9-/t23-,24-,25+,27-,28-,29+,33-/m0/s1. The van der Waals surface area contributed by atoms with Crippen molar-refractivity contribution in [3.8, 4) is 0 Å². The van der Waals surface area contributed by atoms with E-state index in [0.717, 1.165) is 18.4 Å². The molecule has 0 unspecified atom stereocenters. The van der Waals surface area contributed by atoms with Crippen molar-refractivity contribution in [2.45, 2.75) is 76.3 Å². The number of carbonyl (C=O) groups excluding carboxylic acids is 4. The second-order valence-electron chi connectivity index (χ2n) is 12.2. The zero-order chi connectivity index (χ0) is 30.7. The number of aliphatic hydroxyl groups is 1. The summed E-state index contributed by atoms with van der Waals surface area (Å²) in [4.78, 5) is 58.8. The largest absolute Gasteiger partial charge is 0.463 e. The molecule has 7 atom stereocenters. The van der Waals surface area contributed by atoms with Crippen LogP contribution in [0.4, 0.5) is 0 Å². The van der Waals surface area contributed by atoms with Crippen molar-refractivity contribution < 1.29 is 33.8 Å². The molecule has 5 rings (SSSR count). The number of carbonyl (C=O) groups is 4. The van der Waals surface area contributed by atoms with Gasteiger partial charge in [-0.1, -0.05) is 81.8 Å². The zero-order valence-corrected chi connectivity index (χ0v) is 25.2. The van der Waals surface area contributed by atoms with Crippen molar-refractivity contribution in [1.29, 1.82) is 0 Å². The SMILES string of the molecule is CCCCN1CC=C[C@]23O[C@@H]4/C=C\CCC(=O)OC[C@@H](c5ccccc5)NC(=O)[C@@H]4[C@H]2C(=O)N([C@@H](CO)C(C)C)[C@@H]3C1=O. The second-order valence-corrected chi connectivity index (χ2v) is 12.2. The molecule has 0 saturated carbocycles. The molecule has 0 aromatic heterocycles. The van der Waals surface area contributed by atoms with E-state index in [1.807, 2.05) is 56.3 Å². The van der Waals surface area contributed by atoms with Crippen LogP contribution in [-0.2, 0) is 28.7 Å². The zero-order valence-electron chi connectivity index (χ0n) is 25.2. The first-order valence-corrected chi connectivity index (χ1v) is 15.5. The predicted molar refractivity (Wildman–Crippen MR) is 158 cm³/mol. The Labute approximate surface area is 253 Å². The van der Waals surface area contributed by atoms with Crippen LogP contribution >= 0.6 is 0 Å². The van der Waals surface area contributed by atoms with Crippen LogP contribution in [0.5, 0.6) is 0 Å². The molecule has 10 heteroatoms. The molecule has 43 heavy (non-hydrogen) atoms. The molecular formula is C33H43N3O7. The number of amides is 3. The first kappa shape index (κ1) is 30.9. The minimum Gasteiger partial charge on any atom is -0.463 e. The number of unbranched alkanes of at least 4 members (excludes halogenated alkanes) is 1. The van der Waals surface area contributed by atoms with Gasteiger partial charge in [-0.3, -0.25) is 19.2 Å². The van der Waals surface area contributed by atoms with E-state index in [0.29, 0.717) is 19.5 Å². The fourth-order valence-electron chi connectivity index (χ4n) is 6.95. The van der Waals surface area contributed by atoms with Gasteiger partial charge in [-0.25, -0.2) is 0 Å². The number of allylic oxidation sites excluding steroid dienone is 1. The van der Waals surface area contributed by atoms with Crippen LogP contribution in [0, 0.1) is 17.8 Å². The number of aliphatic hydroxyl groups excluding tert-OH is 1. The van der Waals surface area contributed by atoms with E-state index in [1.165, 1.54) is 4.90 Å². The average Bonchev–Trinajstić information content (AvgIpc) is 3.38. The number of benzene rings is 1. The van der Waals surface area contributed by atoms with Gasteiger partial charge in [0.25, 0.3) is 0 Å². The molecule has 4 aliphatic heterocycles. The smallest absolute Gasteiger partial charge is 0.306 e. The van der Waals surface area contributed by atoms with Crippen LogP contribution in [0.3, 0.4) is 0 Å². The maximum atomic E-state index is 14.6. The third-order valence-corrected chi connectivity index (χ3v) is 9.18. The van der Waals surface area contributed by atoms with E-state index in [-0.39, 0.29) is 43.3 Å². The summed E-state index contributed by atoms with van der Waals surface area (Å²) in [6.07, 6.45) is 8.64. The maximum Gasteiger partial charge on any atom is 0.306 e. The van der Waals surface area contributed by atoms with Crippen molar-refractivity contribution in [1.82, 2.24) is 15.1 Å². The lowest BCUT2D eigenvalue weighted by molar-refractivity contribution is -0.152. The van der Waals surface area contributed by atoms with Gasteiger partial charge in [-0.05, 0) is 24.3 Å². The lowest BCUT2D eigenvalue weighted by Crippen LogP contribution is -2.59. The van der Waals surface area contributed by atoms with Gasteiger partial charge in [0.2, 0.25) is 17.7 Å². The number of fused-ring (bicyclic) bond motifs is 2. The molecule has 0 radical (unpaired) electrons. The Hall–Kier alpha value is -3.50. The molecule has 2 N–H and O–H groups in total. The summed E-state index contributed by atoms with van der Waals surface area (Å²) in [6.45, 7) is 6.39. The van der Waals surface area contributed by atoms with E-state index in [9.17, 15) is 24.3 Å². The van der Waals surface area contributed by atoms with Gasteiger partial charge in [0, 0.05) is 19.5 Å². The Morgan fingerprint density at radius 2 is 1.86 bits per heavy atom. The van der Waals surface area contributed by atoms with Gasteiger partial charge in [0.1, 0.15) is 18.2 Å². The number of rotatable bonds is 7. The summed E-state index contributed by atoms with van der Waals surface area (Å²) in [5, 5.41) is 13.5. The van der Waals surface area contributed by atoms with Gasteiger partial charge < -0.3 is 29.7 Å². The Morgan fingerprint density at radius 1 is 1.09 bits per heavy atom. The highest BCUT2D eigenvalue weighted by Crippen LogP contribution is 2.53. The summed E-state index contributed by atoms with van der Waals surface area (Å²) in [5.74, 6) is -3.51. The van der Waals surface area contributed by atoms with E-state index in [2.05, 4.69) is 12.2 Å². The first-order chi connectivity index (χ1) is 20.7. The van der Waals surface area contributed by atoms with E-state index in [4.69, 9.17) is 9.47 Å². The topological polar surface area (TPSA) is 125 Å². The number of nitrogens with zero attached hydrogens (tertiary/aromatic N) is 2. The van der Waals surface area contributed by atoms with Crippen LogP contribution in [-0.4, -0.2) is 88.7 Å². The summed E-state index contributed by atoms with van der Waals surface area (Å²) < 4.78 is 12.3. The summed E-state index contributed by atoms with van der Waals surface area (Å²) in [7, 11) is 0. The average molecular weight is 594 g/mol. The fraction of sp³-hybridized carbons (Fsp3) is 0.576. The molecule has 1 aromatic carbocycles. The molecule has 10 nitrogen and oxygen atoms in total. The number of hydrogen-bond donors (Lipinski definition) is 2. The minimum atomic E-state index is -1.40. The van der Waals surface area contributed by atoms with Crippen molar-refractivity contribution in [2.24, 2.45) is 17.8 Å². The van der Waals surface area contributed by atoms with Gasteiger partial charge in [0.15, 0.2) is 0 Å². The van der Waals surface area contributed by atoms with Crippen LogP contribution in [0.15, 0.2) is 54.6 Å². The third kappa shape index (κ3) is 5.74. The molecule has 1 aromatic rings. The Kier molecular flexibility index (Phi) is 9.36. The first-order valence-electron chi connectivity index (χ1n) is 15.5. The molecule has 4 aliphatic rings. The van der Waals surface area contributed by atoms with Gasteiger partial charge in [-0.2, -0.15) is 0 Å². The highest BCUT2D eigenvalue weighted by Gasteiger charge is 2.72. The van der Waals surface area contributed by atoms with Gasteiger partial charge >= 0.3 is 5.97 Å². The van der Waals surface area contributed by atoms with Crippen molar-refractivity contribution in [3.63, 3.8) is 0 Å². The maximum absolute atomic E-state index is 14.6. The molecule has 1 spiro atoms. The normalized spacial score (nSPS) is 32.6. The van der Waals surface area contributed by atoms with E-state index < -0.39 is 47.6 Å². The summed E-state index contributed by atoms with van der Waals surface area (Å²) >= 11 is 0. The lowest BCUT2D eigenvalue weighted by atomic mass is 9.77. The number of hydrogen-bond acceptors (Lipinski definition) is 7. The van der Waals surface area contributed by atoms with Crippen molar-refractivity contribution >= 4 is 23.7 Å². The number of cyclic esters (lactones) is 1. The molecule has 232 valence electrons. The number of nitrogens with one attached hydrogen (secondary N) is 1. The molecule has 4 heterocycles. The Balaban J connectivity index is 1.60. The van der Waals surface area contributed by atoms with Crippen LogP contribution < -0.4 is 5.32 Å². The molecule has 2 saturated heterocycles. The van der Waals surface area contributed by atoms with Crippen molar-refractivity contribution in [2.75, 3.05) is 26.3 Å². The van der Waals surface area contributed by atoms with E-state index >= 15 is 0 Å². The lowest BCUT2D eigenvalue weighted by Gasteiger charge is -2.39. The fourth-order valence-corrected chi connectivity index (χ4v) is 6.95. The van der Waals surface area contributed by atoms with Crippen molar-refractivity contribution in [3.05, 3.63) is 60.2 Å². The summed E-state index contributed by atoms with van der Waals surface area (Å²) in [6, 6.07) is 6.94. The Bertz CT molecular complexity index is 1260. The highest BCUT2D eigenvalue weighted by molar-refractivity contribution is 6.00. The highest BCUT2D eigenvalue weighted by atomic mass is 16.5. The number of esters is 1. The van der Waals surface area contributed by atoms with Crippen LogP contribution in [0.2, 0.25) is 0 Å². The molecule has 0 bridgehead atoms. The monoisotopic (exact) mass is 593 g/mol.